The first-order valence-electron chi connectivity index (χ1n) is 7.43. The predicted octanol–water partition coefficient (Wildman–Crippen LogP) is 2.47. The number of H-pyrrole nitrogens is 1. The molecule has 1 atom stereocenters. The van der Waals surface area contributed by atoms with E-state index in [-0.39, 0.29) is 18.3 Å². The SMILES string of the molecule is Cl.N[C@@H](Cc1c[nH]c2ccccc12)C(=O)NC1CCSCC1. The van der Waals surface area contributed by atoms with Crippen molar-refractivity contribution in [3.63, 3.8) is 0 Å². The first-order chi connectivity index (χ1) is 10.2. The van der Waals surface area contributed by atoms with Crippen LogP contribution in [0.1, 0.15) is 18.4 Å². The zero-order valence-corrected chi connectivity index (χ0v) is 14.0. The van der Waals surface area contributed by atoms with Crippen LogP contribution in [0.2, 0.25) is 0 Å². The highest BCUT2D eigenvalue weighted by Gasteiger charge is 2.21. The highest BCUT2D eigenvalue weighted by molar-refractivity contribution is 7.99. The van der Waals surface area contributed by atoms with E-state index in [1.165, 1.54) is 0 Å². The molecule has 0 spiro atoms. The number of amides is 1. The van der Waals surface area contributed by atoms with E-state index in [1.54, 1.807) is 0 Å². The lowest BCUT2D eigenvalue weighted by atomic mass is 10.0. The molecule has 22 heavy (non-hydrogen) atoms. The summed E-state index contributed by atoms with van der Waals surface area (Å²) in [5.74, 6) is 2.22. The van der Waals surface area contributed by atoms with Crippen LogP contribution in [0.4, 0.5) is 0 Å². The van der Waals surface area contributed by atoms with Gasteiger partial charge in [-0.05, 0) is 42.4 Å². The van der Waals surface area contributed by atoms with Crippen molar-refractivity contribution in [1.82, 2.24) is 10.3 Å². The standard InChI is InChI=1S/C16H21N3OS.ClH/c17-14(16(20)19-12-5-7-21-8-6-12)9-11-10-18-15-4-2-1-3-13(11)15;/h1-4,10,12,14,18H,5-9,17H2,(H,19,20);1H/t14-;/m0./s1. The molecule has 120 valence electrons. The second-order valence-electron chi connectivity index (χ2n) is 5.57. The fraction of sp³-hybridized carbons (Fsp3) is 0.438. The van der Waals surface area contributed by atoms with Gasteiger partial charge in [0.15, 0.2) is 0 Å². The Balaban J connectivity index is 0.00000176. The second-order valence-corrected chi connectivity index (χ2v) is 6.79. The van der Waals surface area contributed by atoms with E-state index in [9.17, 15) is 4.79 Å². The molecule has 0 unspecified atom stereocenters. The second kappa shape index (κ2) is 7.90. The molecule has 0 saturated carbocycles. The van der Waals surface area contributed by atoms with Crippen molar-refractivity contribution < 1.29 is 4.79 Å². The number of fused-ring (bicyclic) bond motifs is 1. The summed E-state index contributed by atoms with van der Waals surface area (Å²) in [6.07, 6.45) is 4.62. The highest BCUT2D eigenvalue weighted by atomic mass is 35.5. The third-order valence-corrected chi connectivity index (χ3v) is 5.07. The van der Waals surface area contributed by atoms with Crippen LogP contribution in [-0.4, -0.2) is 34.5 Å². The van der Waals surface area contributed by atoms with Crippen molar-refractivity contribution >= 4 is 41.0 Å². The normalized spacial score (nSPS) is 17.0. The molecule has 3 rings (SSSR count). The van der Waals surface area contributed by atoms with Gasteiger partial charge in [-0.3, -0.25) is 4.79 Å². The van der Waals surface area contributed by atoms with Crippen LogP contribution >= 0.6 is 24.2 Å². The van der Waals surface area contributed by atoms with E-state index >= 15 is 0 Å². The van der Waals surface area contributed by atoms with E-state index in [0.29, 0.717) is 12.5 Å². The summed E-state index contributed by atoms with van der Waals surface area (Å²) in [6, 6.07) is 7.90. The summed E-state index contributed by atoms with van der Waals surface area (Å²) in [5.41, 5.74) is 8.28. The number of carbonyl (C=O) groups is 1. The van der Waals surface area contributed by atoms with E-state index < -0.39 is 6.04 Å². The summed E-state index contributed by atoms with van der Waals surface area (Å²) < 4.78 is 0. The minimum absolute atomic E-state index is 0. The molecule has 4 N–H and O–H groups in total. The maximum absolute atomic E-state index is 12.2. The van der Waals surface area contributed by atoms with Gasteiger partial charge in [0.2, 0.25) is 5.91 Å². The molecule has 1 fully saturated rings. The molecule has 0 radical (unpaired) electrons. The Hall–Kier alpha value is -1.17. The molecule has 2 heterocycles. The Morgan fingerprint density at radius 2 is 2.09 bits per heavy atom. The summed E-state index contributed by atoms with van der Waals surface area (Å²) in [5, 5.41) is 4.24. The fourth-order valence-electron chi connectivity index (χ4n) is 2.78. The number of halogens is 1. The van der Waals surface area contributed by atoms with E-state index in [0.717, 1.165) is 40.8 Å². The van der Waals surface area contributed by atoms with Gasteiger partial charge in [0.25, 0.3) is 0 Å². The molecular formula is C16H22ClN3OS. The number of rotatable bonds is 4. The number of aromatic amines is 1. The molecule has 1 aromatic heterocycles. The molecule has 1 saturated heterocycles. The smallest absolute Gasteiger partial charge is 0.237 e. The molecular weight excluding hydrogens is 318 g/mol. The Morgan fingerprint density at radius 3 is 2.86 bits per heavy atom. The van der Waals surface area contributed by atoms with Crippen LogP contribution < -0.4 is 11.1 Å². The van der Waals surface area contributed by atoms with Gasteiger partial charge >= 0.3 is 0 Å². The summed E-state index contributed by atoms with van der Waals surface area (Å²) in [7, 11) is 0. The van der Waals surface area contributed by atoms with Crippen LogP contribution in [0, 0.1) is 0 Å². The molecule has 2 aromatic rings. The van der Waals surface area contributed by atoms with Gasteiger partial charge in [-0.15, -0.1) is 12.4 Å². The first-order valence-corrected chi connectivity index (χ1v) is 8.58. The number of hydrogen-bond acceptors (Lipinski definition) is 3. The predicted molar refractivity (Wildman–Crippen MR) is 95.7 cm³/mol. The number of nitrogens with one attached hydrogen (secondary N) is 2. The van der Waals surface area contributed by atoms with Crippen molar-refractivity contribution in [3.05, 3.63) is 36.0 Å². The number of nitrogens with two attached hydrogens (primary N) is 1. The van der Waals surface area contributed by atoms with Crippen molar-refractivity contribution in [3.8, 4) is 0 Å². The third kappa shape index (κ3) is 3.97. The van der Waals surface area contributed by atoms with Crippen LogP contribution in [0.25, 0.3) is 10.9 Å². The van der Waals surface area contributed by atoms with Gasteiger partial charge in [-0.1, -0.05) is 18.2 Å². The van der Waals surface area contributed by atoms with E-state index in [4.69, 9.17) is 5.73 Å². The number of benzene rings is 1. The molecule has 1 aliphatic rings. The minimum atomic E-state index is -0.487. The Kier molecular flexibility index (Phi) is 6.17. The average molecular weight is 340 g/mol. The van der Waals surface area contributed by atoms with E-state index in [2.05, 4.69) is 16.4 Å². The number of aromatic nitrogens is 1. The van der Waals surface area contributed by atoms with Gasteiger partial charge in [-0.25, -0.2) is 0 Å². The minimum Gasteiger partial charge on any atom is -0.361 e. The molecule has 0 bridgehead atoms. The number of thioether (sulfide) groups is 1. The number of para-hydroxylation sites is 1. The average Bonchev–Trinajstić information content (AvgIpc) is 2.91. The van der Waals surface area contributed by atoms with Crippen LogP contribution in [-0.2, 0) is 11.2 Å². The molecule has 1 aromatic carbocycles. The molecule has 0 aliphatic carbocycles. The topological polar surface area (TPSA) is 70.9 Å². The molecule has 1 aliphatic heterocycles. The van der Waals surface area contributed by atoms with Crippen molar-refractivity contribution in [2.45, 2.75) is 31.3 Å². The summed E-state index contributed by atoms with van der Waals surface area (Å²) >= 11 is 1.95. The Morgan fingerprint density at radius 1 is 1.36 bits per heavy atom. The summed E-state index contributed by atoms with van der Waals surface area (Å²) in [6.45, 7) is 0. The number of carbonyl (C=O) groups excluding carboxylic acids is 1. The lowest BCUT2D eigenvalue weighted by molar-refractivity contribution is -0.123. The molecule has 4 nitrogen and oxygen atoms in total. The van der Waals surface area contributed by atoms with Crippen molar-refractivity contribution in [2.24, 2.45) is 5.73 Å². The Labute approximate surface area is 141 Å². The van der Waals surface area contributed by atoms with Crippen LogP contribution in [0.15, 0.2) is 30.5 Å². The quantitative estimate of drug-likeness (QED) is 0.801. The Bertz CT molecular complexity index is 625. The highest BCUT2D eigenvalue weighted by Crippen LogP contribution is 2.19. The molecule has 1 amide bonds. The van der Waals surface area contributed by atoms with Crippen LogP contribution in [0.5, 0.6) is 0 Å². The first kappa shape index (κ1) is 17.2. The lowest BCUT2D eigenvalue weighted by Crippen LogP contribution is -2.47. The monoisotopic (exact) mass is 339 g/mol. The van der Waals surface area contributed by atoms with Crippen LogP contribution in [0.3, 0.4) is 0 Å². The number of hydrogen-bond donors (Lipinski definition) is 3. The van der Waals surface area contributed by atoms with Gasteiger partial charge in [-0.2, -0.15) is 11.8 Å². The molecule has 6 heteroatoms. The maximum Gasteiger partial charge on any atom is 0.237 e. The zero-order valence-electron chi connectivity index (χ0n) is 12.4. The van der Waals surface area contributed by atoms with Gasteiger partial charge in [0, 0.05) is 23.1 Å². The lowest BCUT2D eigenvalue weighted by Gasteiger charge is -2.24. The summed E-state index contributed by atoms with van der Waals surface area (Å²) in [4.78, 5) is 15.4. The third-order valence-electron chi connectivity index (χ3n) is 4.02. The van der Waals surface area contributed by atoms with Gasteiger partial charge in [0.1, 0.15) is 0 Å². The van der Waals surface area contributed by atoms with Crippen molar-refractivity contribution in [1.29, 1.82) is 0 Å². The largest absolute Gasteiger partial charge is 0.361 e. The van der Waals surface area contributed by atoms with Crippen molar-refractivity contribution in [2.75, 3.05) is 11.5 Å². The fourth-order valence-corrected chi connectivity index (χ4v) is 3.89. The zero-order chi connectivity index (χ0) is 14.7. The van der Waals surface area contributed by atoms with Gasteiger partial charge < -0.3 is 16.0 Å². The maximum atomic E-state index is 12.2. The van der Waals surface area contributed by atoms with Gasteiger partial charge in [0.05, 0.1) is 6.04 Å². The van der Waals surface area contributed by atoms with E-state index in [1.807, 2.05) is 36.2 Å².